The van der Waals surface area contributed by atoms with E-state index in [0.717, 1.165) is 57.3 Å². The molecule has 24 heavy (non-hydrogen) atoms. The highest BCUT2D eigenvalue weighted by Gasteiger charge is 2.09. The fraction of sp³-hybridized carbons (Fsp3) is 0.533. The Labute approximate surface area is 158 Å². The van der Waals surface area contributed by atoms with Gasteiger partial charge in [0.2, 0.25) is 0 Å². The van der Waals surface area contributed by atoms with Crippen LogP contribution in [0.4, 0.5) is 0 Å². The average Bonchev–Trinajstić information content (AvgIpc) is 3.01. The monoisotopic (exact) mass is 445 g/mol. The largest absolute Gasteiger partial charge is 0.379 e. The van der Waals surface area contributed by atoms with Gasteiger partial charge in [-0.05, 0) is 25.1 Å². The molecule has 2 aromatic rings. The first kappa shape index (κ1) is 18.9. The number of halogens is 1. The van der Waals surface area contributed by atoms with E-state index in [-0.39, 0.29) is 24.0 Å². The first-order valence-electron chi connectivity index (χ1n) is 7.95. The number of fused-ring (bicyclic) bond motifs is 1. The van der Waals surface area contributed by atoms with E-state index in [1.807, 2.05) is 28.8 Å². The number of rotatable bonds is 6. The van der Waals surface area contributed by atoms with E-state index in [9.17, 15) is 0 Å². The summed E-state index contributed by atoms with van der Waals surface area (Å²) in [6.45, 7) is 5.99. The van der Waals surface area contributed by atoms with Gasteiger partial charge < -0.3 is 15.8 Å². The van der Waals surface area contributed by atoms with Crippen molar-refractivity contribution < 1.29 is 4.74 Å². The first-order chi connectivity index (χ1) is 11.3. The molecule has 0 bridgehead atoms. The van der Waals surface area contributed by atoms with E-state index < -0.39 is 0 Å². The Balaban J connectivity index is 0.00000208. The molecule has 1 aliphatic heterocycles. The Bertz CT molecular complexity index is 654. The zero-order chi connectivity index (χ0) is 15.9. The number of morpholine rings is 1. The molecule has 1 fully saturated rings. The number of hydrogen-bond acceptors (Lipinski definition) is 5. The molecule has 1 aliphatic rings. The van der Waals surface area contributed by atoms with Crippen molar-refractivity contribution in [3.63, 3.8) is 0 Å². The van der Waals surface area contributed by atoms with Gasteiger partial charge in [0.05, 0.1) is 13.2 Å². The zero-order valence-electron chi connectivity index (χ0n) is 13.6. The van der Waals surface area contributed by atoms with Crippen LogP contribution in [0.5, 0.6) is 0 Å². The summed E-state index contributed by atoms with van der Waals surface area (Å²) in [6.07, 6.45) is 2.95. The fourth-order valence-corrected chi connectivity index (χ4v) is 2.55. The molecule has 9 heteroatoms. The highest BCUT2D eigenvalue weighted by atomic mass is 127. The van der Waals surface area contributed by atoms with Gasteiger partial charge in [0.1, 0.15) is 6.54 Å². The van der Waals surface area contributed by atoms with E-state index in [4.69, 9.17) is 10.5 Å². The SMILES string of the molecule is I.NC(=NCc1nnc2ccccn12)NCCCN1CCOCC1. The summed E-state index contributed by atoms with van der Waals surface area (Å²) in [7, 11) is 0. The van der Waals surface area contributed by atoms with Crippen LogP contribution in [0.2, 0.25) is 0 Å². The third-order valence-corrected chi connectivity index (χ3v) is 3.84. The van der Waals surface area contributed by atoms with Gasteiger partial charge in [0, 0.05) is 25.8 Å². The normalized spacial score (nSPS) is 16.1. The van der Waals surface area contributed by atoms with Gasteiger partial charge in [-0.25, -0.2) is 4.99 Å². The van der Waals surface area contributed by atoms with Crippen LogP contribution in [0.1, 0.15) is 12.2 Å². The quantitative estimate of drug-likeness (QED) is 0.291. The number of aromatic nitrogens is 3. The Morgan fingerprint density at radius 3 is 2.96 bits per heavy atom. The molecule has 2 aromatic heterocycles. The van der Waals surface area contributed by atoms with Crippen LogP contribution in [-0.2, 0) is 11.3 Å². The highest BCUT2D eigenvalue weighted by molar-refractivity contribution is 14.0. The summed E-state index contributed by atoms with van der Waals surface area (Å²) < 4.78 is 7.24. The van der Waals surface area contributed by atoms with E-state index >= 15 is 0 Å². The van der Waals surface area contributed by atoms with Crippen LogP contribution in [0.3, 0.4) is 0 Å². The molecule has 1 saturated heterocycles. The highest BCUT2D eigenvalue weighted by Crippen LogP contribution is 2.03. The van der Waals surface area contributed by atoms with Gasteiger partial charge >= 0.3 is 0 Å². The van der Waals surface area contributed by atoms with Crippen molar-refractivity contribution in [2.45, 2.75) is 13.0 Å². The van der Waals surface area contributed by atoms with Crippen LogP contribution in [0.25, 0.3) is 5.65 Å². The molecule has 3 N–H and O–H groups in total. The van der Waals surface area contributed by atoms with Crippen molar-refractivity contribution in [3.8, 4) is 0 Å². The second kappa shape index (κ2) is 9.74. The minimum Gasteiger partial charge on any atom is -0.379 e. The molecule has 0 radical (unpaired) electrons. The van der Waals surface area contributed by atoms with E-state index in [2.05, 4.69) is 25.4 Å². The molecule has 0 spiro atoms. The van der Waals surface area contributed by atoms with Gasteiger partial charge in [-0.3, -0.25) is 9.30 Å². The molecular weight excluding hydrogens is 421 g/mol. The maximum Gasteiger partial charge on any atom is 0.189 e. The van der Waals surface area contributed by atoms with Gasteiger partial charge in [-0.2, -0.15) is 0 Å². The number of guanidine groups is 1. The van der Waals surface area contributed by atoms with E-state index in [1.54, 1.807) is 0 Å². The van der Waals surface area contributed by atoms with Crippen LogP contribution in [-0.4, -0.2) is 64.9 Å². The fourth-order valence-electron chi connectivity index (χ4n) is 2.55. The molecule has 3 rings (SSSR count). The van der Waals surface area contributed by atoms with Crippen LogP contribution < -0.4 is 11.1 Å². The molecule has 0 unspecified atom stereocenters. The summed E-state index contributed by atoms with van der Waals surface area (Å²) in [5.74, 6) is 1.22. The third kappa shape index (κ3) is 5.28. The summed E-state index contributed by atoms with van der Waals surface area (Å²) in [5, 5.41) is 11.4. The molecular formula is C15H24IN7O. The Morgan fingerprint density at radius 2 is 2.12 bits per heavy atom. The maximum atomic E-state index is 5.90. The smallest absolute Gasteiger partial charge is 0.189 e. The number of ether oxygens (including phenoxy) is 1. The van der Waals surface area contributed by atoms with Crippen molar-refractivity contribution in [3.05, 3.63) is 30.2 Å². The second-order valence-corrected chi connectivity index (χ2v) is 5.48. The van der Waals surface area contributed by atoms with Crippen molar-refractivity contribution >= 4 is 35.6 Å². The topological polar surface area (TPSA) is 93.1 Å². The lowest BCUT2D eigenvalue weighted by atomic mass is 10.3. The number of aliphatic imine (C=N–C) groups is 1. The van der Waals surface area contributed by atoms with Crippen molar-refractivity contribution in [1.29, 1.82) is 0 Å². The minimum atomic E-state index is 0. The number of hydrogen-bond donors (Lipinski definition) is 2. The Kier molecular flexibility index (Phi) is 7.66. The van der Waals surface area contributed by atoms with Crippen LogP contribution in [0.15, 0.2) is 29.4 Å². The first-order valence-corrected chi connectivity index (χ1v) is 7.95. The summed E-state index contributed by atoms with van der Waals surface area (Å²) in [5.41, 5.74) is 6.72. The lowest BCUT2D eigenvalue weighted by Crippen LogP contribution is -2.39. The summed E-state index contributed by atoms with van der Waals surface area (Å²) in [4.78, 5) is 6.73. The minimum absolute atomic E-state index is 0. The van der Waals surface area contributed by atoms with Gasteiger partial charge in [-0.15, -0.1) is 34.2 Å². The summed E-state index contributed by atoms with van der Waals surface area (Å²) in [6, 6.07) is 5.78. The molecule has 8 nitrogen and oxygen atoms in total. The molecule has 0 aliphatic carbocycles. The maximum absolute atomic E-state index is 5.90. The standard InChI is InChI=1S/C15H23N7O.HI/c16-15(17-5-3-6-21-8-10-23-11-9-21)18-12-14-20-19-13-4-1-2-7-22(13)14;/h1-2,4,7H,3,5-6,8-12H2,(H3,16,17,18);1H. The van der Waals surface area contributed by atoms with Gasteiger partial charge in [0.15, 0.2) is 17.4 Å². The van der Waals surface area contributed by atoms with E-state index in [1.165, 1.54) is 0 Å². The van der Waals surface area contributed by atoms with Gasteiger partial charge in [-0.1, -0.05) is 6.07 Å². The molecule has 0 atom stereocenters. The Hall–Kier alpha value is -1.46. The average molecular weight is 445 g/mol. The van der Waals surface area contributed by atoms with Crippen LogP contribution in [0, 0.1) is 0 Å². The Morgan fingerprint density at radius 1 is 1.29 bits per heavy atom. The number of nitrogens with two attached hydrogens (primary N) is 1. The lowest BCUT2D eigenvalue weighted by molar-refractivity contribution is 0.0376. The second-order valence-electron chi connectivity index (χ2n) is 5.48. The molecule has 132 valence electrons. The number of nitrogens with zero attached hydrogens (tertiary/aromatic N) is 5. The molecule has 3 heterocycles. The van der Waals surface area contributed by atoms with Gasteiger partial charge in [0.25, 0.3) is 0 Å². The van der Waals surface area contributed by atoms with Crippen molar-refractivity contribution in [1.82, 2.24) is 24.8 Å². The predicted molar refractivity (Wildman–Crippen MR) is 104 cm³/mol. The zero-order valence-corrected chi connectivity index (χ0v) is 15.9. The number of pyridine rings is 1. The molecule has 0 amide bonds. The van der Waals surface area contributed by atoms with Crippen molar-refractivity contribution in [2.24, 2.45) is 10.7 Å². The van der Waals surface area contributed by atoms with E-state index in [0.29, 0.717) is 12.5 Å². The summed E-state index contributed by atoms with van der Waals surface area (Å²) >= 11 is 0. The lowest BCUT2D eigenvalue weighted by Gasteiger charge is -2.26. The molecule has 0 aromatic carbocycles. The predicted octanol–water partition coefficient (Wildman–Crippen LogP) is 0.474. The van der Waals surface area contributed by atoms with Crippen LogP contribution >= 0.6 is 24.0 Å². The molecule has 0 saturated carbocycles. The van der Waals surface area contributed by atoms with Crippen molar-refractivity contribution in [2.75, 3.05) is 39.4 Å². The third-order valence-electron chi connectivity index (χ3n) is 3.84. The number of nitrogens with one attached hydrogen (secondary N) is 1.